The third kappa shape index (κ3) is 2.79. The molecule has 0 saturated carbocycles. The van der Waals surface area contributed by atoms with Crippen LogP contribution in [0.25, 0.3) is 0 Å². The Bertz CT molecular complexity index is 313. The van der Waals surface area contributed by atoms with Gasteiger partial charge in [0.05, 0.1) is 7.11 Å². The summed E-state index contributed by atoms with van der Waals surface area (Å²) in [6, 6.07) is 11.4. The topological polar surface area (TPSA) is 18.5 Å². The van der Waals surface area contributed by atoms with Gasteiger partial charge in [0.2, 0.25) is 0 Å². The van der Waals surface area contributed by atoms with Crippen molar-refractivity contribution in [2.45, 2.75) is 38.9 Å². The van der Waals surface area contributed by atoms with Crippen molar-refractivity contribution in [2.75, 3.05) is 7.11 Å². The minimum atomic E-state index is -1.59. The maximum Gasteiger partial charge on any atom is 0.250 e. The van der Waals surface area contributed by atoms with Crippen LogP contribution in [0.1, 0.15) is 20.8 Å². The lowest BCUT2D eigenvalue weighted by atomic mass is 10.3. The Morgan fingerprint density at radius 3 is 1.88 bits per heavy atom. The lowest BCUT2D eigenvalue weighted by molar-refractivity contribution is 0.389. The van der Waals surface area contributed by atoms with E-state index in [-0.39, 0.29) is 0 Å². The van der Waals surface area contributed by atoms with Crippen molar-refractivity contribution in [1.82, 2.24) is 0 Å². The molecule has 0 aliphatic rings. The molecule has 1 aromatic rings. The van der Waals surface area contributed by atoms with E-state index in [1.807, 2.05) is 24.3 Å². The summed E-state index contributed by atoms with van der Waals surface area (Å²) in [5, 5.41) is 0. The second kappa shape index (κ2) is 5.94. The van der Waals surface area contributed by atoms with E-state index >= 15 is 0 Å². The molecular formula is C13H22O2Si. The van der Waals surface area contributed by atoms with E-state index in [0.29, 0.717) is 0 Å². The average Bonchev–Trinajstić information content (AvgIpc) is 2.36. The van der Waals surface area contributed by atoms with Crippen LogP contribution in [-0.2, 0) is 0 Å². The molecule has 1 aromatic carbocycles. The quantitative estimate of drug-likeness (QED) is 0.695. The SMILES string of the molecule is CC[Si](CC)(CC)Oc1ccccc1OC. The van der Waals surface area contributed by atoms with Crippen LogP contribution in [0.3, 0.4) is 0 Å². The molecular weight excluding hydrogens is 216 g/mol. The van der Waals surface area contributed by atoms with Gasteiger partial charge in [0.25, 0.3) is 8.32 Å². The first-order chi connectivity index (χ1) is 7.71. The Morgan fingerprint density at radius 1 is 0.938 bits per heavy atom. The second-order valence-electron chi connectivity index (χ2n) is 4.00. The van der Waals surface area contributed by atoms with Gasteiger partial charge in [-0.05, 0) is 30.3 Å². The number of hydrogen-bond donors (Lipinski definition) is 0. The standard InChI is InChI=1S/C13H22O2Si/c1-5-16(6-2,7-3)15-13-11-9-8-10-12(13)14-4/h8-11H,5-7H2,1-4H3. The van der Waals surface area contributed by atoms with Crippen LogP contribution in [0.4, 0.5) is 0 Å². The maximum atomic E-state index is 6.29. The van der Waals surface area contributed by atoms with Gasteiger partial charge in [0.1, 0.15) is 5.75 Å². The van der Waals surface area contributed by atoms with Crippen molar-refractivity contribution in [2.24, 2.45) is 0 Å². The fourth-order valence-electron chi connectivity index (χ4n) is 1.90. The normalized spacial score (nSPS) is 11.2. The Hall–Kier alpha value is -0.963. The van der Waals surface area contributed by atoms with Crippen molar-refractivity contribution in [3.8, 4) is 11.5 Å². The van der Waals surface area contributed by atoms with Crippen LogP contribution >= 0.6 is 0 Å². The molecule has 2 nitrogen and oxygen atoms in total. The zero-order valence-electron chi connectivity index (χ0n) is 10.7. The van der Waals surface area contributed by atoms with Crippen LogP contribution in [0.2, 0.25) is 18.1 Å². The molecule has 0 aliphatic carbocycles. The van der Waals surface area contributed by atoms with Crippen LogP contribution in [0.5, 0.6) is 11.5 Å². The highest BCUT2D eigenvalue weighted by Gasteiger charge is 2.31. The van der Waals surface area contributed by atoms with E-state index in [0.717, 1.165) is 29.6 Å². The van der Waals surface area contributed by atoms with Gasteiger partial charge in [-0.1, -0.05) is 32.9 Å². The predicted molar refractivity (Wildman–Crippen MR) is 70.8 cm³/mol. The molecule has 0 fully saturated rings. The van der Waals surface area contributed by atoms with Gasteiger partial charge in [-0.25, -0.2) is 0 Å². The molecule has 0 aliphatic heterocycles. The highest BCUT2D eigenvalue weighted by Crippen LogP contribution is 2.32. The molecule has 0 aromatic heterocycles. The molecule has 0 N–H and O–H groups in total. The number of benzene rings is 1. The molecule has 90 valence electrons. The minimum absolute atomic E-state index is 0.842. The summed E-state index contributed by atoms with van der Waals surface area (Å²) in [6.45, 7) is 6.69. The molecule has 0 spiro atoms. The Balaban J connectivity index is 2.93. The minimum Gasteiger partial charge on any atom is -0.541 e. The van der Waals surface area contributed by atoms with Gasteiger partial charge in [-0.15, -0.1) is 0 Å². The third-order valence-corrected chi connectivity index (χ3v) is 7.85. The zero-order chi connectivity index (χ0) is 12.0. The molecule has 0 radical (unpaired) electrons. The summed E-state index contributed by atoms with van der Waals surface area (Å²) >= 11 is 0. The van der Waals surface area contributed by atoms with E-state index in [4.69, 9.17) is 9.16 Å². The van der Waals surface area contributed by atoms with Crippen LogP contribution in [0.15, 0.2) is 24.3 Å². The van der Waals surface area contributed by atoms with Gasteiger partial charge in [0, 0.05) is 0 Å². The highest BCUT2D eigenvalue weighted by molar-refractivity contribution is 6.74. The summed E-state index contributed by atoms with van der Waals surface area (Å²) in [6.07, 6.45) is 0. The van der Waals surface area contributed by atoms with Gasteiger partial charge < -0.3 is 9.16 Å². The van der Waals surface area contributed by atoms with Gasteiger partial charge >= 0.3 is 0 Å². The first-order valence-electron chi connectivity index (χ1n) is 6.03. The van der Waals surface area contributed by atoms with Gasteiger partial charge in [-0.2, -0.15) is 0 Å². The van der Waals surface area contributed by atoms with Gasteiger partial charge in [-0.3, -0.25) is 0 Å². The summed E-state index contributed by atoms with van der Waals surface area (Å²) in [5.41, 5.74) is 0. The summed E-state index contributed by atoms with van der Waals surface area (Å²) in [5.74, 6) is 1.75. The van der Waals surface area contributed by atoms with Crippen LogP contribution < -0.4 is 9.16 Å². The lowest BCUT2D eigenvalue weighted by Crippen LogP contribution is -2.39. The Kier molecular flexibility index (Phi) is 4.87. The van der Waals surface area contributed by atoms with Crippen molar-refractivity contribution in [3.63, 3.8) is 0 Å². The van der Waals surface area contributed by atoms with E-state index < -0.39 is 8.32 Å². The fourth-order valence-corrected chi connectivity index (χ4v) is 4.47. The second-order valence-corrected chi connectivity index (χ2v) is 8.69. The molecule has 0 bridgehead atoms. The number of rotatable bonds is 6. The smallest absolute Gasteiger partial charge is 0.250 e. The molecule has 0 amide bonds. The molecule has 0 unspecified atom stereocenters. The molecule has 1 rings (SSSR count). The van der Waals surface area contributed by atoms with Crippen LogP contribution in [0, 0.1) is 0 Å². The molecule has 3 heteroatoms. The number of hydrogen-bond acceptors (Lipinski definition) is 2. The monoisotopic (exact) mass is 238 g/mol. The van der Waals surface area contributed by atoms with E-state index in [1.54, 1.807) is 7.11 Å². The van der Waals surface area contributed by atoms with Crippen molar-refractivity contribution < 1.29 is 9.16 Å². The van der Waals surface area contributed by atoms with E-state index in [2.05, 4.69) is 20.8 Å². The largest absolute Gasteiger partial charge is 0.541 e. The summed E-state index contributed by atoms with van der Waals surface area (Å²) in [7, 11) is 0.104. The summed E-state index contributed by atoms with van der Waals surface area (Å²) < 4.78 is 11.6. The fraction of sp³-hybridized carbons (Fsp3) is 0.538. The van der Waals surface area contributed by atoms with Crippen LogP contribution in [-0.4, -0.2) is 15.4 Å². The first-order valence-corrected chi connectivity index (χ1v) is 8.56. The summed E-state index contributed by atoms with van der Waals surface area (Å²) in [4.78, 5) is 0. The average molecular weight is 238 g/mol. The third-order valence-electron chi connectivity index (χ3n) is 3.33. The van der Waals surface area contributed by atoms with Gasteiger partial charge in [0.15, 0.2) is 5.75 Å². The first kappa shape index (κ1) is 13.1. The molecule has 0 saturated heterocycles. The Morgan fingerprint density at radius 2 is 1.44 bits per heavy atom. The number of para-hydroxylation sites is 2. The zero-order valence-corrected chi connectivity index (χ0v) is 11.7. The van der Waals surface area contributed by atoms with E-state index in [1.165, 1.54) is 0 Å². The predicted octanol–water partition coefficient (Wildman–Crippen LogP) is 4.08. The molecule has 16 heavy (non-hydrogen) atoms. The number of methoxy groups -OCH3 is 1. The maximum absolute atomic E-state index is 6.29. The molecule has 0 heterocycles. The number of ether oxygens (including phenoxy) is 1. The van der Waals surface area contributed by atoms with Crippen molar-refractivity contribution >= 4 is 8.32 Å². The van der Waals surface area contributed by atoms with E-state index in [9.17, 15) is 0 Å². The lowest BCUT2D eigenvalue weighted by Gasteiger charge is -2.29. The highest BCUT2D eigenvalue weighted by atomic mass is 28.4. The van der Waals surface area contributed by atoms with Crippen molar-refractivity contribution in [1.29, 1.82) is 0 Å². The molecule has 0 atom stereocenters. The Labute approximate surface area is 99.7 Å². The van der Waals surface area contributed by atoms with Crippen molar-refractivity contribution in [3.05, 3.63) is 24.3 Å².